The van der Waals surface area contributed by atoms with E-state index in [0.29, 0.717) is 18.0 Å². The third kappa shape index (κ3) is 7.91. The first-order valence-corrected chi connectivity index (χ1v) is 13.0. The van der Waals surface area contributed by atoms with Crippen LogP contribution < -0.4 is 10.6 Å². The predicted molar refractivity (Wildman–Crippen MR) is 144 cm³/mol. The molecule has 8 heteroatoms. The number of ketones is 1. The van der Waals surface area contributed by atoms with Crippen LogP contribution in [0.25, 0.3) is 11.3 Å². The molecule has 7 nitrogen and oxygen atoms in total. The smallest absolute Gasteiger partial charge is 0.289 e. The Labute approximate surface area is 220 Å². The van der Waals surface area contributed by atoms with Gasteiger partial charge in [-0.2, -0.15) is 0 Å². The van der Waals surface area contributed by atoms with Crippen molar-refractivity contribution in [1.82, 2.24) is 20.6 Å². The van der Waals surface area contributed by atoms with Gasteiger partial charge in [-0.25, -0.2) is 4.98 Å². The van der Waals surface area contributed by atoms with Gasteiger partial charge in [0, 0.05) is 36.3 Å². The van der Waals surface area contributed by atoms with E-state index in [9.17, 15) is 14.4 Å². The first-order valence-electron chi connectivity index (χ1n) is 12.1. The van der Waals surface area contributed by atoms with Gasteiger partial charge in [-0.15, -0.1) is 11.3 Å². The SMILES string of the molecule is O=C(Cc1nc(-c2ccccc2)cs1)N[C@@H](Cc1ccccc1)C(=O)C(=O)NCCCc1cccnc1. The van der Waals surface area contributed by atoms with Crippen molar-refractivity contribution in [3.8, 4) is 11.3 Å². The molecule has 188 valence electrons. The Morgan fingerprint density at radius 3 is 2.35 bits per heavy atom. The Hall–Kier alpha value is -4.17. The molecule has 0 radical (unpaired) electrons. The quantitative estimate of drug-likeness (QED) is 0.222. The lowest BCUT2D eigenvalue weighted by molar-refractivity contribution is -0.140. The fraction of sp³-hybridized carbons (Fsp3) is 0.207. The molecule has 0 unspecified atom stereocenters. The Morgan fingerprint density at radius 2 is 1.62 bits per heavy atom. The Balaban J connectivity index is 1.35. The minimum absolute atomic E-state index is 0.0306. The lowest BCUT2D eigenvalue weighted by Gasteiger charge is -2.17. The van der Waals surface area contributed by atoms with E-state index < -0.39 is 17.7 Å². The zero-order valence-electron chi connectivity index (χ0n) is 20.3. The van der Waals surface area contributed by atoms with Crippen molar-refractivity contribution in [3.63, 3.8) is 0 Å². The second kappa shape index (κ2) is 13.2. The standard InChI is InChI=1S/C29H28N4O3S/c34-26(18-27-33-25(20-37-27)23-13-5-2-6-14-23)32-24(17-21-9-3-1-4-10-21)28(35)29(36)31-16-8-12-22-11-7-15-30-19-22/h1-7,9-11,13-15,19-20,24H,8,12,16-18H2,(H,31,36)(H,32,34)/t24-/m0/s1. The molecule has 2 amide bonds. The molecule has 37 heavy (non-hydrogen) atoms. The average molecular weight is 513 g/mol. The summed E-state index contributed by atoms with van der Waals surface area (Å²) in [6.45, 7) is 0.354. The number of thiazole rings is 1. The van der Waals surface area contributed by atoms with E-state index in [0.717, 1.165) is 28.8 Å². The molecule has 4 aromatic rings. The van der Waals surface area contributed by atoms with Crippen molar-refractivity contribution < 1.29 is 14.4 Å². The summed E-state index contributed by atoms with van der Waals surface area (Å²) in [6.07, 6.45) is 5.16. The summed E-state index contributed by atoms with van der Waals surface area (Å²) in [5.74, 6) is -1.72. The van der Waals surface area contributed by atoms with E-state index in [2.05, 4.69) is 20.6 Å². The van der Waals surface area contributed by atoms with Gasteiger partial charge in [0.1, 0.15) is 11.0 Å². The van der Waals surface area contributed by atoms with Gasteiger partial charge in [0.15, 0.2) is 0 Å². The molecule has 0 aliphatic rings. The van der Waals surface area contributed by atoms with Crippen LogP contribution >= 0.6 is 11.3 Å². The number of nitrogens with zero attached hydrogens (tertiary/aromatic N) is 2. The largest absolute Gasteiger partial charge is 0.349 e. The van der Waals surface area contributed by atoms with Gasteiger partial charge >= 0.3 is 0 Å². The molecule has 4 rings (SSSR count). The van der Waals surface area contributed by atoms with Crippen LogP contribution in [0.15, 0.2) is 90.6 Å². The molecule has 2 aromatic heterocycles. The third-order valence-corrected chi connectivity index (χ3v) is 6.59. The summed E-state index contributed by atoms with van der Waals surface area (Å²) < 4.78 is 0. The molecule has 0 saturated heterocycles. The number of amides is 2. The van der Waals surface area contributed by atoms with E-state index in [1.807, 2.05) is 78.2 Å². The zero-order chi connectivity index (χ0) is 25.9. The Kier molecular flexibility index (Phi) is 9.26. The van der Waals surface area contributed by atoms with Gasteiger partial charge in [0.25, 0.3) is 5.91 Å². The van der Waals surface area contributed by atoms with Gasteiger partial charge in [-0.1, -0.05) is 66.7 Å². The van der Waals surface area contributed by atoms with E-state index in [1.165, 1.54) is 11.3 Å². The van der Waals surface area contributed by atoms with Gasteiger partial charge in [-0.05, 0) is 30.0 Å². The summed E-state index contributed by atoms with van der Waals surface area (Å²) >= 11 is 1.39. The van der Waals surface area contributed by atoms with Gasteiger partial charge in [-0.3, -0.25) is 19.4 Å². The molecule has 0 fully saturated rings. The van der Waals surface area contributed by atoms with Crippen LogP contribution in [-0.4, -0.2) is 40.2 Å². The highest BCUT2D eigenvalue weighted by Crippen LogP contribution is 2.21. The van der Waals surface area contributed by atoms with Gasteiger partial charge in [0.2, 0.25) is 11.7 Å². The van der Waals surface area contributed by atoms with Crippen molar-refractivity contribution in [1.29, 1.82) is 0 Å². The highest BCUT2D eigenvalue weighted by molar-refractivity contribution is 7.10. The maximum absolute atomic E-state index is 13.0. The number of hydrogen-bond acceptors (Lipinski definition) is 6. The monoisotopic (exact) mass is 512 g/mol. The van der Waals surface area contributed by atoms with Crippen LogP contribution in [0.5, 0.6) is 0 Å². The second-order valence-electron chi connectivity index (χ2n) is 8.56. The second-order valence-corrected chi connectivity index (χ2v) is 9.51. The number of rotatable bonds is 12. The van der Waals surface area contributed by atoms with Crippen LogP contribution in [0.3, 0.4) is 0 Å². The number of Topliss-reactive ketones (excluding diaryl/α,β-unsaturated/α-hetero) is 1. The molecule has 1 atom stereocenters. The first-order chi connectivity index (χ1) is 18.1. The van der Waals surface area contributed by atoms with E-state index in [-0.39, 0.29) is 18.7 Å². The number of benzene rings is 2. The van der Waals surface area contributed by atoms with E-state index in [1.54, 1.807) is 12.4 Å². The molecular formula is C29H28N4O3S. The fourth-order valence-corrected chi connectivity index (χ4v) is 4.66. The molecule has 0 bridgehead atoms. The first kappa shape index (κ1) is 25.9. The lowest BCUT2D eigenvalue weighted by atomic mass is 10.0. The van der Waals surface area contributed by atoms with Crippen LogP contribution in [0, 0.1) is 0 Å². The summed E-state index contributed by atoms with van der Waals surface area (Å²) in [7, 11) is 0. The number of carbonyl (C=O) groups excluding carboxylic acids is 3. The van der Waals surface area contributed by atoms with Crippen LogP contribution in [0.4, 0.5) is 0 Å². The highest BCUT2D eigenvalue weighted by Gasteiger charge is 2.27. The van der Waals surface area contributed by atoms with Crippen molar-refractivity contribution >= 4 is 28.9 Å². The lowest BCUT2D eigenvalue weighted by Crippen LogP contribution is -2.49. The number of nitrogens with one attached hydrogen (secondary N) is 2. The number of aryl methyl sites for hydroxylation is 1. The maximum atomic E-state index is 13.0. The zero-order valence-corrected chi connectivity index (χ0v) is 21.1. The molecule has 0 saturated carbocycles. The topological polar surface area (TPSA) is 101 Å². The van der Waals surface area contributed by atoms with E-state index >= 15 is 0 Å². The highest BCUT2D eigenvalue weighted by atomic mass is 32.1. The number of aromatic nitrogens is 2. The number of hydrogen-bond donors (Lipinski definition) is 2. The molecule has 0 aliphatic carbocycles. The minimum atomic E-state index is -0.971. The van der Waals surface area contributed by atoms with Crippen LogP contribution in [0.1, 0.15) is 22.6 Å². The van der Waals surface area contributed by atoms with Crippen molar-refractivity contribution in [3.05, 3.63) is 107 Å². The van der Waals surface area contributed by atoms with Crippen LogP contribution in [-0.2, 0) is 33.6 Å². The van der Waals surface area contributed by atoms with Gasteiger partial charge < -0.3 is 10.6 Å². The normalized spacial score (nSPS) is 11.5. The molecular weight excluding hydrogens is 484 g/mol. The summed E-state index contributed by atoms with van der Waals surface area (Å²) in [6, 6.07) is 21.9. The van der Waals surface area contributed by atoms with Gasteiger partial charge in [0.05, 0.1) is 12.1 Å². The summed E-state index contributed by atoms with van der Waals surface area (Å²) in [5, 5.41) is 8.01. The van der Waals surface area contributed by atoms with Crippen molar-refractivity contribution in [2.45, 2.75) is 31.7 Å². The number of carbonyl (C=O) groups is 3. The van der Waals surface area contributed by atoms with Crippen molar-refractivity contribution in [2.75, 3.05) is 6.54 Å². The predicted octanol–water partition coefficient (Wildman–Crippen LogP) is 3.79. The molecule has 0 spiro atoms. The van der Waals surface area contributed by atoms with E-state index in [4.69, 9.17) is 0 Å². The molecule has 2 N–H and O–H groups in total. The Morgan fingerprint density at radius 1 is 0.892 bits per heavy atom. The van der Waals surface area contributed by atoms with Crippen molar-refractivity contribution in [2.24, 2.45) is 0 Å². The van der Waals surface area contributed by atoms with Crippen LogP contribution in [0.2, 0.25) is 0 Å². The summed E-state index contributed by atoms with van der Waals surface area (Å²) in [5.41, 5.74) is 3.69. The Bertz CT molecular complexity index is 1310. The average Bonchev–Trinajstić information content (AvgIpc) is 3.40. The molecule has 2 heterocycles. The summed E-state index contributed by atoms with van der Waals surface area (Å²) in [4.78, 5) is 47.2. The number of pyridine rings is 1. The minimum Gasteiger partial charge on any atom is -0.349 e. The maximum Gasteiger partial charge on any atom is 0.289 e. The molecule has 0 aliphatic heterocycles. The third-order valence-electron chi connectivity index (χ3n) is 5.74. The fourth-order valence-electron chi connectivity index (χ4n) is 3.86. The molecule has 2 aromatic carbocycles.